The van der Waals surface area contributed by atoms with Crippen molar-refractivity contribution in [2.24, 2.45) is 5.41 Å². The SMILES string of the molecule is C=CCCC(C=O)N(C=O)Cc1cc2c(cc1C)CN(CC=O)C2.CN1CC2(CCN(c3cc(F)c([C@@H]4c5[nH]c6ccccc6c5CCN4CC(F)F)c(F)c3)C2)C1.CNC. The lowest BCUT2D eigenvalue weighted by Crippen LogP contribution is -2.55. The Labute approximate surface area is 356 Å². The Kier molecular flexibility index (Phi) is 15.2. The van der Waals surface area contributed by atoms with Gasteiger partial charge in [-0.2, -0.15) is 0 Å². The maximum absolute atomic E-state index is 15.7. The van der Waals surface area contributed by atoms with Crippen molar-refractivity contribution in [1.82, 2.24) is 29.9 Å². The Bertz CT molecular complexity index is 2150. The molecular weight excluding hydrogens is 787 g/mol. The van der Waals surface area contributed by atoms with Gasteiger partial charge in [0, 0.05) is 85.6 Å². The van der Waals surface area contributed by atoms with Gasteiger partial charge in [0.05, 0.1) is 25.2 Å². The Morgan fingerprint density at radius 1 is 1.00 bits per heavy atom. The first-order valence-electron chi connectivity index (χ1n) is 21.0. The van der Waals surface area contributed by atoms with Crippen LogP contribution >= 0.6 is 0 Å². The molecule has 0 bridgehead atoms. The highest BCUT2D eigenvalue weighted by Crippen LogP contribution is 2.44. The lowest BCUT2D eigenvalue weighted by molar-refractivity contribution is -0.126. The molecule has 14 heteroatoms. The van der Waals surface area contributed by atoms with Crippen molar-refractivity contribution < 1.29 is 31.9 Å². The monoisotopic (exact) mass is 845 g/mol. The van der Waals surface area contributed by atoms with E-state index < -0.39 is 36.7 Å². The van der Waals surface area contributed by atoms with E-state index in [0.29, 0.717) is 50.3 Å². The predicted octanol–water partition coefficient (Wildman–Crippen LogP) is 6.64. The molecule has 4 aromatic rings. The Balaban J connectivity index is 0.000000203. The normalized spacial score (nSPS) is 18.7. The van der Waals surface area contributed by atoms with Gasteiger partial charge in [0.15, 0.2) is 0 Å². The average molecular weight is 846 g/mol. The number of carbonyl (C=O) groups excluding carboxylic acids is 3. The van der Waals surface area contributed by atoms with E-state index in [4.69, 9.17) is 0 Å². The molecule has 10 nitrogen and oxygen atoms in total. The van der Waals surface area contributed by atoms with Gasteiger partial charge in [0.2, 0.25) is 6.41 Å². The van der Waals surface area contributed by atoms with E-state index in [2.05, 4.69) is 50.8 Å². The number of halogens is 4. The third kappa shape index (κ3) is 10.3. The van der Waals surface area contributed by atoms with Crippen molar-refractivity contribution in [1.29, 1.82) is 0 Å². The number of anilines is 1. The van der Waals surface area contributed by atoms with Crippen LogP contribution in [0.1, 0.15) is 64.4 Å². The molecular formula is C47H59F4N7O3. The number of benzene rings is 3. The molecule has 0 radical (unpaired) electrons. The van der Waals surface area contributed by atoms with Gasteiger partial charge in [-0.05, 0) is 99.8 Å². The number of H-pyrrole nitrogens is 1. The highest BCUT2D eigenvalue weighted by atomic mass is 19.3. The second-order valence-electron chi connectivity index (χ2n) is 17.0. The molecule has 4 aliphatic heterocycles. The largest absolute Gasteiger partial charge is 0.371 e. The van der Waals surface area contributed by atoms with Crippen LogP contribution in [0.4, 0.5) is 23.2 Å². The number of carbonyl (C=O) groups is 3. The smallest absolute Gasteiger partial charge is 0.251 e. The fourth-order valence-corrected chi connectivity index (χ4v) is 9.65. The highest BCUT2D eigenvalue weighted by Gasteiger charge is 2.46. The van der Waals surface area contributed by atoms with E-state index in [9.17, 15) is 23.2 Å². The van der Waals surface area contributed by atoms with Crippen molar-refractivity contribution in [3.05, 3.63) is 112 Å². The number of likely N-dealkylation sites (tertiary alicyclic amines) is 1. The first-order chi connectivity index (χ1) is 29.4. The summed E-state index contributed by atoms with van der Waals surface area (Å²) >= 11 is 0. The molecule has 3 aromatic carbocycles. The van der Waals surface area contributed by atoms with Crippen LogP contribution in [-0.2, 0) is 40.4 Å². The molecule has 0 saturated carbocycles. The lowest BCUT2D eigenvalue weighted by atomic mass is 9.79. The van der Waals surface area contributed by atoms with E-state index in [1.54, 1.807) is 11.0 Å². The molecule has 2 fully saturated rings. The number of aromatic amines is 1. The number of nitrogens with one attached hydrogen (secondary N) is 2. The minimum absolute atomic E-state index is 0.158. The fourth-order valence-electron chi connectivity index (χ4n) is 9.65. The van der Waals surface area contributed by atoms with Crippen molar-refractivity contribution in [3.8, 4) is 0 Å². The molecule has 1 unspecified atom stereocenters. The van der Waals surface area contributed by atoms with Gasteiger partial charge in [-0.3, -0.25) is 14.6 Å². The van der Waals surface area contributed by atoms with Gasteiger partial charge < -0.3 is 34.6 Å². The first-order valence-corrected chi connectivity index (χ1v) is 21.0. The molecule has 328 valence electrons. The maximum atomic E-state index is 15.7. The van der Waals surface area contributed by atoms with E-state index in [-0.39, 0.29) is 11.0 Å². The Morgan fingerprint density at radius 3 is 2.31 bits per heavy atom. The van der Waals surface area contributed by atoms with Gasteiger partial charge in [-0.1, -0.05) is 36.4 Å². The number of para-hydroxylation sites is 1. The summed E-state index contributed by atoms with van der Waals surface area (Å²) in [6.45, 7) is 11.4. The summed E-state index contributed by atoms with van der Waals surface area (Å²) in [5.41, 5.74) is 7.54. The van der Waals surface area contributed by atoms with Crippen molar-refractivity contribution in [3.63, 3.8) is 0 Å². The summed E-state index contributed by atoms with van der Waals surface area (Å²) < 4.78 is 58.2. The van der Waals surface area contributed by atoms with Crippen LogP contribution in [0.2, 0.25) is 0 Å². The number of rotatable bonds is 14. The number of aryl methyl sites for hydroxylation is 1. The maximum Gasteiger partial charge on any atom is 0.251 e. The van der Waals surface area contributed by atoms with Crippen LogP contribution in [0, 0.1) is 24.0 Å². The van der Waals surface area contributed by atoms with Crippen molar-refractivity contribution >= 4 is 35.6 Å². The molecule has 1 aromatic heterocycles. The number of amides is 1. The van der Waals surface area contributed by atoms with E-state index in [1.807, 2.05) is 45.3 Å². The summed E-state index contributed by atoms with van der Waals surface area (Å²) in [5, 5.41) is 3.73. The number of fused-ring (bicyclic) bond motifs is 4. The molecule has 1 amide bonds. The van der Waals surface area contributed by atoms with Gasteiger partial charge in [0.25, 0.3) is 6.43 Å². The minimum Gasteiger partial charge on any atom is -0.371 e. The molecule has 0 aliphatic carbocycles. The quantitative estimate of drug-likeness (QED) is 0.0830. The van der Waals surface area contributed by atoms with Crippen LogP contribution in [-0.4, -0.2) is 123 Å². The first kappa shape index (κ1) is 45.6. The third-order valence-corrected chi connectivity index (χ3v) is 12.4. The van der Waals surface area contributed by atoms with E-state index >= 15 is 8.78 Å². The second kappa shape index (κ2) is 20.3. The number of hydrogen-bond donors (Lipinski definition) is 2. The predicted molar refractivity (Wildman–Crippen MR) is 232 cm³/mol. The average Bonchev–Trinajstić information content (AvgIpc) is 3.94. The van der Waals surface area contributed by atoms with E-state index in [1.165, 1.54) is 28.2 Å². The van der Waals surface area contributed by atoms with E-state index in [0.717, 1.165) is 92.3 Å². The van der Waals surface area contributed by atoms with Crippen LogP contribution in [0.3, 0.4) is 0 Å². The summed E-state index contributed by atoms with van der Waals surface area (Å²) in [6, 6.07) is 13.3. The zero-order valence-corrected chi connectivity index (χ0v) is 35.7. The van der Waals surface area contributed by atoms with Gasteiger partial charge in [0.1, 0.15) is 24.2 Å². The van der Waals surface area contributed by atoms with Crippen LogP contribution < -0.4 is 10.2 Å². The lowest BCUT2D eigenvalue weighted by Gasteiger charge is -2.46. The number of hydrogen-bond acceptors (Lipinski definition) is 8. The molecule has 8 rings (SSSR count). The summed E-state index contributed by atoms with van der Waals surface area (Å²) in [7, 11) is 5.83. The molecule has 5 heterocycles. The number of nitrogens with zero attached hydrogens (tertiary/aromatic N) is 5. The molecule has 2 N–H and O–H groups in total. The molecule has 61 heavy (non-hydrogen) atoms. The standard InChI is InChI=1S/C26H28F4N4.C19H24N2O3.C2H7N/c1-32-13-26(14-32)7-9-34(15-26)16-10-19(27)23(20(28)11-16)25-24-18(6-8-33(25)12-22(29)30)17-4-2-3-5-21(17)31-24;1-3-4-5-19(13-23)21(14-24)12-16-9-18-11-20(6-7-22)10-17(18)8-15(16)2;1-3-2/h2-5,10-11,22,25,31H,6-9,12-15H2,1H3;3,7-9,13-14,19H,1,4-6,10-12H2,2H3;3H,1-2H3/t25-;;/m1../s1. The molecule has 1 spiro atoms. The van der Waals surface area contributed by atoms with Gasteiger partial charge in [-0.25, -0.2) is 17.6 Å². The highest BCUT2D eigenvalue weighted by molar-refractivity contribution is 5.85. The minimum atomic E-state index is -2.60. The number of aromatic nitrogens is 1. The van der Waals surface area contributed by atoms with Gasteiger partial charge in [-0.15, -0.1) is 6.58 Å². The van der Waals surface area contributed by atoms with Crippen LogP contribution in [0.5, 0.6) is 0 Å². The Hall–Kier alpha value is -4.89. The summed E-state index contributed by atoms with van der Waals surface area (Å²) in [4.78, 5) is 46.2. The molecule has 2 saturated heterocycles. The van der Waals surface area contributed by atoms with Crippen LogP contribution in [0.25, 0.3) is 10.9 Å². The fraction of sp³-hybridized carbons (Fsp3) is 0.468. The third-order valence-electron chi connectivity index (χ3n) is 12.4. The summed E-state index contributed by atoms with van der Waals surface area (Å²) in [6.07, 6.45) is 4.48. The second-order valence-corrected chi connectivity index (χ2v) is 17.0. The zero-order chi connectivity index (χ0) is 43.8. The Morgan fingerprint density at radius 2 is 1.69 bits per heavy atom. The van der Waals surface area contributed by atoms with Crippen LogP contribution in [0.15, 0.2) is 61.2 Å². The zero-order valence-electron chi connectivity index (χ0n) is 35.7. The summed E-state index contributed by atoms with van der Waals surface area (Å²) in [5.74, 6) is -1.37. The number of aldehydes is 2. The molecule has 4 aliphatic rings. The van der Waals surface area contributed by atoms with Gasteiger partial charge >= 0.3 is 0 Å². The van der Waals surface area contributed by atoms with Crippen molar-refractivity contribution in [2.45, 2.75) is 70.8 Å². The number of alkyl halides is 2. The molecule has 2 atom stereocenters. The number of allylic oxidation sites excluding steroid dienone is 1. The van der Waals surface area contributed by atoms with Crippen molar-refractivity contribution in [2.75, 3.05) is 71.9 Å². The topological polar surface area (TPSA) is 95.2 Å².